The van der Waals surface area contributed by atoms with Crippen LogP contribution in [0.25, 0.3) is 11.5 Å². The number of likely N-dealkylation sites (N-methyl/N-ethyl adjacent to an activating group) is 1. The first-order chi connectivity index (χ1) is 20.3. The summed E-state index contributed by atoms with van der Waals surface area (Å²) in [5.41, 5.74) is 2.03. The number of carbonyl (C=O) groups is 2. The van der Waals surface area contributed by atoms with Crippen molar-refractivity contribution < 1.29 is 14.3 Å². The molecule has 0 radical (unpaired) electrons. The van der Waals surface area contributed by atoms with Crippen LogP contribution in [0.3, 0.4) is 0 Å². The number of ether oxygens (including phenoxy) is 1. The molecule has 0 atom stereocenters. The fourth-order valence-electron chi connectivity index (χ4n) is 6.00. The number of nitrogens with zero attached hydrogens (tertiary/aromatic N) is 9. The van der Waals surface area contributed by atoms with Gasteiger partial charge in [0, 0.05) is 50.7 Å². The van der Waals surface area contributed by atoms with Gasteiger partial charge in [0.05, 0.1) is 24.3 Å². The number of hydrogen-bond donors (Lipinski definition) is 0. The minimum absolute atomic E-state index is 0.105. The van der Waals surface area contributed by atoms with Crippen molar-refractivity contribution in [2.75, 3.05) is 50.1 Å². The van der Waals surface area contributed by atoms with E-state index in [0.717, 1.165) is 56.2 Å². The van der Waals surface area contributed by atoms with Gasteiger partial charge in [-0.3, -0.25) is 9.69 Å². The number of piperazine rings is 1. The molecule has 3 aliphatic heterocycles. The summed E-state index contributed by atoms with van der Waals surface area (Å²) >= 11 is 0. The molecule has 3 aliphatic rings. The van der Waals surface area contributed by atoms with E-state index in [1.807, 2.05) is 45.0 Å². The molecule has 3 aromatic heterocycles. The van der Waals surface area contributed by atoms with E-state index in [2.05, 4.69) is 45.5 Å². The van der Waals surface area contributed by atoms with E-state index in [4.69, 9.17) is 14.7 Å². The number of pyridine rings is 2. The molecule has 12 nitrogen and oxygen atoms in total. The zero-order chi connectivity index (χ0) is 30.7. The average molecular weight is 588 g/mol. The summed E-state index contributed by atoms with van der Waals surface area (Å²) < 4.78 is 7.76. The highest BCUT2D eigenvalue weighted by Gasteiger charge is 2.37. The van der Waals surface area contributed by atoms with Gasteiger partial charge in [-0.2, -0.15) is 0 Å². The quantitative estimate of drug-likeness (QED) is 0.441. The minimum atomic E-state index is -0.619. The maximum absolute atomic E-state index is 14.0. The Balaban J connectivity index is 1.34. The van der Waals surface area contributed by atoms with Gasteiger partial charge in [0.15, 0.2) is 5.82 Å². The average Bonchev–Trinajstić information content (AvgIpc) is 3.62. The standard InChI is InChI=1S/C31H41N9O3/c1-30(2,3)43-29(42)37(7)19-23-21-18-39(28(41)20(21)17-26(33-23)38-15-13-36(6)14-16-38)24-10-8-9-22(32-24)27-35-34-25-11-12-31(4,5)40(25)27/h8-10,17H,11-16,18-19H2,1-7H3. The summed E-state index contributed by atoms with van der Waals surface area (Å²) in [7, 11) is 3.80. The lowest BCUT2D eigenvalue weighted by Crippen LogP contribution is -2.45. The van der Waals surface area contributed by atoms with Crippen LogP contribution in [0.2, 0.25) is 0 Å². The van der Waals surface area contributed by atoms with Gasteiger partial charge in [-0.15, -0.1) is 10.2 Å². The molecule has 43 heavy (non-hydrogen) atoms. The number of hydrogen-bond acceptors (Lipinski definition) is 9. The van der Waals surface area contributed by atoms with Crippen molar-refractivity contribution in [2.45, 2.75) is 71.7 Å². The van der Waals surface area contributed by atoms with Crippen LogP contribution >= 0.6 is 0 Å². The third-order valence-electron chi connectivity index (χ3n) is 8.44. The zero-order valence-corrected chi connectivity index (χ0v) is 26.2. The van der Waals surface area contributed by atoms with Crippen molar-refractivity contribution in [1.29, 1.82) is 0 Å². The monoisotopic (exact) mass is 587 g/mol. The van der Waals surface area contributed by atoms with Crippen molar-refractivity contribution in [2.24, 2.45) is 0 Å². The highest BCUT2D eigenvalue weighted by atomic mass is 16.6. The topological polar surface area (TPSA) is 113 Å². The molecule has 1 fully saturated rings. The summed E-state index contributed by atoms with van der Waals surface area (Å²) in [4.78, 5) is 44.5. The molecule has 3 aromatic rings. The van der Waals surface area contributed by atoms with Crippen LogP contribution in [0.15, 0.2) is 24.3 Å². The van der Waals surface area contributed by atoms with E-state index in [-0.39, 0.29) is 18.0 Å². The van der Waals surface area contributed by atoms with Gasteiger partial charge in [-0.1, -0.05) is 6.07 Å². The predicted molar refractivity (Wildman–Crippen MR) is 163 cm³/mol. The number of aromatic nitrogens is 5. The fraction of sp³-hybridized carbons (Fsp3) is 0.548. The largest absolute Gasteiger partial charge is 0.444 e. The third kappa shape index (κ3) is 5.55. The van der Waals surface area contributed by atoms with E-state index in [1.165, 1.54) is 4.90 Å². The molecular weight excluding hydrogens is 546 g/mol. The molecule has 6 heterocycles. The van der Waals surface area contributed by atoms with E-state index < -0.39 is 11.7 Å². The van der Waals surface area contributed by atoms with Gasteiger partial charge in [0.25, 0.3) is 5.91 Å². The lowest BCUT2D eigenvalue weighted by molar-refractivity contribution is 0.0282. The number of aryl methyl sites for hydroxylation is 1. The first-order valence-corrected chi connectivity index (χ1v) is 15.0. The number of carbonyl (C=O) groups excluding carboxylic acids is 2. The highest BCUT2D eigenvalue weighted by molar-refractivity contribution is 6.10. The molecule has 0 spiro atoms. The molecule has 228 valence electrons. The lowest BCUT2D eigenvalue weighted by atomic mass is 10.0. The first-order valence-electron chi connectivity index (χ1n) is 15.0. The molecule has 2 amide bonds. The van der Waals surface area contributed by atoms with E-state index in [9.17, 15) is 9.59 Å². The second-order valence-corrected chi connectivity index (χ2v) is 13.4. The number of amides is 2. The van der Waals surface area contributed by atoms with Gasteiger partial charge in [0.1, 0.15) is 28.8 Å². The molecule has 12 heteroatoms. The van der Waals surface area contributed by atoms with Crippen LogP contribution in [-0.4, -0.2) is 92.4 Å². The van der Waals surface area contributed by atoms with Crippen molar-refractivity contribution in [1.82, 2.24) is 34.5 Å². The molecule has 1 saturated heterocycles. The van der Waals surface area contributed by atoms with Gasteiger partial charge >= 0.3 is 6.09 Å². The second-order valence-electron chi connectivity index (χ2n) is 13.4. The molecule has 6 rings (SSSR count). The molecule has 0 aliphatic carbocycles. The Labute approximate surface area is 252 Å². The van der Waals surface area contributed by atoms with Gasteiger partial charge in [-0.25, -0.2) is 14.8 Å². The zero-order valence-electron chi connectivity index (χ0n) is 26.2. The first kappa shape index (κ1) is 29.0. The van der Waals surface area contributed by atoms with E-state index >= 15 is 0 Å². The molecule has 0 bridgehead atoms. The van der Waals surface area contributed by atoms with E-state index in [1.54, 1.807) is 11.9 Å². The minimum Gasteiger partial charge on any atom is -0.444 e. The van der Waals surface area contributed by atoms with Crippen molar-refractivity contribution >= 4 is 23.6 Å². The van der Waals surface area contributed by atoms with Gasteiger partial charge in [-0.05, 0) is 66.3 Å². The SMILES string of the molecule is CN1CCN(c2cc3c(c(CN(C)C(=O)OC(C)(C)C)n2)CN(c2cccc(-c4nnc5n4C(C)(C)CC5)n2)C3=O)CC1. The van der Waals surface area contributed by atoms with Crippen molar-refractivity contribution in [3.05, 3.63) is 46.9 Å². The Hall–Kier alpha value is -4.06. The molecular formula is C31H41N9O3. The molecule has 0 N–H and O–H groups in total. The van der Waals surface area contributed by atoms with Gasteiger partial charge < -0.3 is 24.0 Å². The predicted octanol–water partition coefficient (Wildman–Crippen LogP) is 3.70. The normalized spacial score (nSPS) is 18.2. The van der Waals surface area contributed by atoms with Crippen LogP contribution in [-0.2, 0) is 29.8 Å². The fourth-order valence-corrected chi connectivity index (χ4v) is 6.00. The highest BCUT2D eigenvalue weighted by Crippen LogP contribution is 2.37. The summed E-state index contributed by atoms with van der Waals surface area (Å²) in [5.74, 6) is 2.82. The molecule has 0 aromatic carbocycles. The second kappa shape index (κ2) is 10.6. The Morgan fingerprint density at radius 2 is 1.81 bits per heavy atom. The summed E-state index contributed by atoms with van der Waals surface area (Å²) in [5, 5.41) is 8.88. The number of fused-ring (bicyclic) bond motifs is 2. The van der Waals surface area contributed by atoms with Crippen molar-refractivity contribution in [3.63, 3.8) is 0 Å². The lowest BCUT2D eigenvalue weighted by Gasteiger charge is -2.33. The number of anilines is 2. The van der Waals surface area contributed by atoms with Crippen molar-refractivity contribution in [3.8, 4) is 11.5 Å². The van der Waals surface area contributed by atoms with E-state index in [0.29, 0.717) is 35.1 Å². The molecule has 0 unspecified atom stereocenters. The Kier molecular flexibility index (Phi) is 7.15. The smallest absolute Gasteiger partial charge is 0.410 e. The maximum atomic E-state index is 14.0. The van der Waals surface area contributed by atoms with Crippen LogP contribution in [0, 0.1) is 0 Å². The van der Waals surface area contributed by atoms with Crippen LogP contribution in [0.4, 0.5) is 16.4 Å². The summed E-state index contributed by atoms with van der Waals surface area (Å²) in [6.07, 6.45) is 1.43. The Bertz CT molecular complexity index is 1570. The van der Waals surface area contributed by atoms with Crippen LogP contribution in [0.1, 0.15) is 68.5 Å². The number of rotatable bonds is 5. The van der Waals surface area contributed by atoms with Gasteiger partial charge in [0.2, 0.25) is 0 Å². The third-order valence-corrected chi connectivity index (χ3v) is 8.44. The Morgan fingerprint density at radius 1 is 1.07 bits per heavy atom. The molecule has 0 saturated carbocycles. The Morgan fingerprint density at radius 3 is 2.53 bits per heavy atom. The summed E-state index contributed by atoms with van der Waals surface area (Å²) in [6, 6.07) is 7.57. The maximum Gasteiger partial charge on any atom is 0.410 e. The van der Waals surface area contributed by atoms with Crippen LogP contribution < -0.4 is 9.80 Å². The van der Waals surface area contributed by atoms with Crippen LogP contribution in [0.5, 0.6) is 0 Å². The summed E-state index contributed by atoms with van der Waals surface area (Å²) in [6.45, 7) is 13.9.